The number of nitrogens with two attached hydrogens (primary N) is 1. The van der Waals surface area contributed by atoms with E-state index in [9.17, 15) is 8.42 Å². The Morgan fingerprint density at radius 2 is 2.16 bits per heavy atom. The molecule has 1 rings (SSSR count). The Kier molecular flexibility index (Phi) is 5.39. The number of hydrogen-bond donors (Lipinski definition) is 1. The molecule has 106 valence electrons. The minimum Gasteiger partial charge on any atom is -0.388 e. The van der Waals surface area contributed by atoms with Gasteiger partial charge in [0, 0.05) is 19.8 Å². The van der Waals surface area contributed by atoms with Crippen LogP contribution in [-0.4, -0.2) is 36.3 Å². The molecule has 0 saturated carbocycles. The van der Waals surface area contributed by atoms with Crippen molar-refractivity contribution in [2.75, 3.05) is 13.6 Å². The van der Waals surface area contributed by atoms with Crippen molar-refractivity contribution in [2.45, 2.75) is 25.2 Å². The van der Waals surface area contributed by atoms with Crippen LogP contribution in [0.4, 0.5) is 0 Å². The van der Waals surface area contributed by atoms with Crippen LogP contribution in [0.5, 0.6) is 0 Å². The Labute approximate surface area is 119 Å². The van der Waals surface area contributed by atoms with E-state index in [1.807, 2.05) is 13.8 Å². The number of aromatic nitrogens is 1. The van der Waals surface area contributed by atoms with Gasteiger partial charge in [-0.25, -0.2) is 12.7 Å². The van der Waals surface area contributed by atoms with Crippen LogP contribution in [0.25, 0.3) is 0 Å². The zero-order chi connectivity index (χ0) is 14.6. The third-order valence-electron chi connectivity index (χ3n) is 2.71. The summed E-state index contributed by atoms with van der Waals surface area (Å²) in [6, 6.07) is 3.04. The zero-order valence-corrected chi connectivity index (χ0v) is 13.0. The molecule has 1 heterocycles. The largest absolute Gasteiger partial charge is 0.388 e. The molecule has 0 fully saturated rings. The highest BCUT2D eigenvalue weighted by molar-refractivity contribution is 7.89. The fourth-order valence-electron chi connectivity index (χ4n) is 1.51. The van der Waals surface area contributed by atoms with Gasteiger partial charge in [-0.15, -0.1) is 0 Å². The summed E-state index contributed by atoms with van der Waals surface area (Å²) in [4.78, 5) is 4.00. The number of sulfonamides is 1. The molecule has 19 heavy (non-hydrogen) atoms. The molecule has 7 heteroatoms. The van der Waals surface area contributed by atoms with E-state index in [0.717, 1.165) is 6.42 Å². The Hall–Kier alpha value is -1.05. The van der Waals surface area contributed by atoms with Crippen LogP contribution in [0.2, 0.25) is 0 Å². The molecule has 0 aliphatic heterocycles. The third-order valence-corrected chi connectivity index (χ3v) is 4.80. The predicted octanol–water partition coefficient (Wildman–Crippen LogP) is 1.38. The van der Waals surface area contributed by atoms with E-state index in [2.05, 4.69) is 4.98 Å². The fraction of sp³-hybridized carbons (Fsp3) is 0.500. The second kappa shape index (κ2) is 6.40. The lowest BCUT2D eigenvalue weighted by molar-refractivity contribution is 0.428. The van der Waals surface area contributed by atoms with Gasteiger partial charge in [-0.3, -0.25) is 4.98 Å². The lowest BCUT2D eigenvalue weighted by Gasteiger charge is -2.19. The first kappa shape index (κ1) is 16.0. The first-order valence-corrected chi connectivity index (χ1v) is 7.82. The molecule has 0 unspecified atom stereocenters. The van der Waals surface area contributed by atoms with Crippen molar-refractivity contribution in [2.24, 2.45) is 11.7 Å². The van der Waals surface area contributed by atoms with Crippen LogP contribution in [-0.2, 0) is 10.0 Å². The molecule has 1 aromatic heterocycles. The molecule has 0 aliphatic rings. The second-order valence-electron chi connectivity index (χ2n) is 4.72. The average Bonchev–Trinajstić information content (AvgIpc) is 2.35. The molecule has 0 bridgehead atoms. The monoisotopic (exact) mass is 301 g/mol. The quantitative estimate of drug-likeness (QED) is 0.803. The van der Waals surface area contributed by atoms with E-state index in [1.54, 1.807) is 13.1 Å². The van der Waals surface area contributed by atoms with Crippen LogP contribution in [0.1, 0.15) is 26.0 Å². The van der Waals surface area contributed by atoms with E-state index < -0.39 is 10.0 Å². The van der Waals surface area contributed by atoms with Crippen molar-refractivity contribution >= 4 is 27.2 Å². The van der Waals surface area contributed by atoms with E-state index in [0.29, 0.717) is 12.5 Å². The molecule has 0 atom stereocenters. The second-order valence-corrected chi connectivity index (χ2v) is 7.18. The van der Waals surface area contributed by atoms with Gasteiger partial charge in [0.15, 0.2) is 0 Å². The molecule has 0 saturated heterocycles. The smallest absolute Gasteiger partial charge is 0.245 e. The molecule has 0 aliphatic carbocycles. The highest BCUT2D eigenvalue weighted by atomic mass is 32.2. The molecule has 0 spiro atoms. The Morgan fingerprint density at radius 1 is 1.53 bits per heavy atom. The maximum atomic E-state index is 12.4. The number of thiocarbonyl (C=S) groups is 1. The summed E-state index contributed by atoms with van der Waals surface area (Å²) in [6.45, 7) is 4.54. The lowest BCUT2D eigenvalue weighted by atomic mass is 10.1. The van der Waals surface area contributed by atoms with Crippen LogP contribution in [0.15, 0.2) is 23.2 Å². The first-order chi connectivity index (χ1) is 8.76. The number of pyridine rings is 1. The van der Waals surface area contributed by atoms with Gasteiger partial charge < -0.3 is 5.73 Å². The van der Waals surface area contributed by atoms with Crippen LogP contribution >= 0.6 is 12.2 Å². The molecule has 1 aromatic rings. The Morgan fingerprint density at radius 3 is 2.68 bits per heavy atom. The lowest BCUT2D eigenvalue weighted by Crippen LogP contribution is -2.31. The van der Waals surface area contributed by atoms with Gasteiger partial charge >= 0.3 is 0 Å². The van der Waals surface area contributed by atoms with Crippen LogP contribution < -0.4 is 5.73 Å². The van der Waals surface area contributed by atoms with Crippen molar-refractivity contribution < 1.29 is 8.42 Å². The Bertz CT molecular complexity index is 556. The zero-order valence-electron chi connectivity index (χ0n) is 11.3. The Balaban J connectivity index is 3.10. The molecule has 2 N–H and O–H groups in total. The van der Waals surface area contributed by atoms with Crippen molar-refractivity contribution in [3.8, 4) is 0 Å². The van der Waals surface area contributed by atoms with E-state index in [-0.39, 0.29) is 15.6 Å². The van der Waals surface area contributed by atoms with Crippen molar-refractivity contribution in [3.05, 3.63) is 24.0 Å². The molecule has 0 aromatic carbocycles. The highest BCUT2D eigenvalue weighted by Crippen LogP contribution is 2.18. The minimum absolute atomic E-state index is 0.0172. The summed E-state index contributed by atoms with van der Waals surface area (Å²) >= 11 is 4.84. The predicted molar refractivity (Wildman–Crippen MR) is 79.4 cm³/mol. The molecule has 0 radical (unpaired) electrons. The average molecular weight is 301 g/mol. The number of rotatable bonds is 6. The van der Waals surface area contributed by atoms with Crippen molar-refractivity contribution in [1.82, 2.24) is 9.29 Å². The minimum atomic E-state index is -3.61. The molecule has 5 nitrogen and oxygen atoms in total. The van der Waals surface area contributed by atoms with Gasteiger partial charge in [0.05, 0.1) is 0 Å². The summed E-state index contributed by atoms with van der Waals surface area (Å²) < 4.78 is 26.2. The molecular weight excluding hydrogens is 282 g/mol. The van der Waals surface area contributed by atoms with Crippen LogP contribution in [0.3, 0.4) is 0 Å². The summed E-state index contributed by atoms with van der Waals surface area (Å²) in [5.74, 6) is 0.432. The molecular formula is C12H19N3O2S2. The van der Waals surface area contributed by atoms with Crippen LogP contribution in [0, 0.1) is 5.92 Å². The van der Waals surface area contributed by atoms with E-state index >= 15 is 0 Å². The fourth-order valence-corrected chi connectivity index (χ4v) is 3.08. The van der Waals surface area contributed by atoms with Gasteiger partial charge in [-0.1, -0.05) is 26.1 Å². The summed E-state index contributed by atoms with van der Waals surface area (Å²) in [5, 5.41) is 0. The topological polar surface area (TPSA) is 76.3 Å². The highest BCUT2D eigenvalue weighted by Gasteiger charge is 2.25. The van der Waals surface area contributed by atoms with Gasteiger partial charge in [-0.2, -0.15) is 0 Å². The normalized spacial score (nSPS) is 12.1. The van der Waals surface area contributed by atoms with Gasteiger partial charge in [0.2, 0.25) is 10.0 Å². The maximum absolute atomic E-state index is 12.4. The van der Waals surface area contributed by atoms with Gasteiger partial charge in [0.25, 0.3) is 0 Å². The van der Waals surface area contributed by atoms with Crippen molar-refractivity contribution in [3.63, 3.8) is 0 Å². The van der Waals surface area contributed by atoms with Crippen molar-refractivity contribution in [1.29, 1.82) is 0 Å². The van der Waals surface area contributed by atoms with Gasteiger partial charge in [-0.05, 0) is 24.5 Å². The molecule has 0 amide bonds. The number of nitrogens with zero attached hydrogens (tertiary/aromatic N) is 2. The maximum Gasteiger partial charge on any atom is 0.245 e. The van der Waals surface area contributed by atoms with E-state index in [1.165, 1.54) is 16.6 Å². The first-order valence-electron chi connectivity index (χ1n) is 5.98. The summed E-state index contributed by atoms with van der Waals surface area (Å²) in [5.41, 5.74) is 5.67. The third kappa shape index (κ3) is 3.95. The summed E-state index contributed by atoms with van der Waals surface area (Å²) in [7, 11) is -2.06. The van der Waals surface area contributed by atoms with E-state index in [4.69, 9.17) is 18.0 Å². The van der Waals surface area contributed by atoms with Gasteiger partial charge in [0.1, 0.15) is 15.6 Å². The standard InChI is InChI=1S/C12H19N3O2S2/c1-9(2)6-8-15(3)19(16,17)10-5-4-7-14-11(10)12(13)18/h4-5,7,9H,6,8H2,1-3H3,(H2,13,18). The number of hydrogen-bond acceptors (Lipinski definition) is 4. The SMILES string of the molecule is CC(C)CCN(C)S(=O)(=O)c1cccnc1C(N)=S. The summed E-state index contributed by atoms with van der Waals surface area (Å²) in [6.07, 6.45) is 2.26.